The second-order valence-electron chi connectivity index (χ2n) is 5.98. The maximum absolute atomic E-state index is 5.42. The third-order valence-electron chi connectivity index (χ3n) is 3.94. The number of nitrogens with one attached hydrogen (secondary N) is 1. The number of guanidine groups is 1. The molecule has 0 atom stereocenters. The van der Waals surface area contributed by atoms with Crippen LogP contribution in [0.15, 0.2) is 34.6 Å². The van der Waals surface area contributed by atoms with Gasteiger partial charge in [-0.2, -0.15) is 0 Å². The molecule has 1 aromatic carbocycles. The van der Waals surface area contributed by atoms with Crippen molar-refractivity contribution in [2.45, 2.75) is 32.7 Å². The molecule has 6 heteroatoms. The largest absolute Gasteiger partial charge is 0.496 e. The molecule has 1 heterocycles. The molecule has 0 spiro atoms. The van der Waals surface area contributed by atoms with E-state index in [4.69, 9.17) is 4.74 Å². The number of unbranched alkanes of at least 4 members (excludes halogenated alkanes) is 1. The maximum Gasteiger partial charge on any atom is 0.193 e. The van der Waals surface area contributed by atoms with E-state index in [9.17, 15) is 0 Å². The summed E-state index contributed by atoms with van der Waals surface area (Å²) in [5, 5.41) is 6.78. The van der Waals surface area contributed by atoms with E-state index < -0.39 is 0 Å². The van der Waals surface area contributed by atoms with Crippen molar-refractivity contribution < 1.29 is 4.74 Å². The number of rotatable bonds is 8. The summed E-state index contributed by atoms with van der Waals surface area (Å²) in [4.78, 5) is 11.0. The molecule has 2 rings (SSSR count). The summed E-state index contributed by atoms with van der Waals surface area (Å²) in [6.45, 7) is 3.71. The summed E-state index contributed by atoms with van der Waals surface area (Å²) >= 11 is 1.75. The first-order valence-electron chi connectivity index (χ1n) is 8.58. The predicted molar refractivity (Wildman–Crippen MR) is 106 cm³/mol. The van der Waals surface area contributed by atoms with Crippen LogP contribution < -0.4 is 10.1 Å². The fourth-order valence-electron chi connectivity index (χ4n) is 2.67. The van der Waals surface area contributed by atoms with E-state index in [1.807, 2.05) is 39.2 Å². The monoisotopic (exact) mass is 360 g/mol. The number of aliphatic imine (C=N–C) groups is 1. The Kier molecular flexibility index (Phi) is 7.73. The van der Waals surface area contributed by atoms with E-state index in [0.29, 0.717) is 0 Å². The van der Waals surface area contributed by atoms with Crippen LogP contribution in [0.2, 0.25) is 0 Å². The van der Waals surface area contributed by atoms with Crippen molar-refractivity contribution in [3.05, 3.63) is 45.9 Å². The first kappa shape index (κ1) is 19.2. The Morgan fingerprint density at radius 1 is 1.32 bits per heavy atom. The predicted octanol–water partition coefficient (Wildman–Crippen LogP) is 3.49. The van der Waals surface area contributed by atoms with E-state index in [-0.39, 0.29) is 0 Å². The fourth-order valence-corrected chi connectivity index (χ4v) is 3.49. The summed E-state index contributed by atoms with van der Waals surface area (Å²) in [5.74, 6) is 1.81. The lowest BCUT2D eigenvalue weighted by Gasteiger charge is -2.23. The Bertz CT molecular complexity index is 684. The lowest BCUT2D eigenvalue weighted by atomic mass is 10.2. The number of nitrogens with zero attached hydrogens (tertiary/aromatic N) is 3. The topological polar surface area (TPSA) is 49.8 Å². The first-order chi connectivity index (χ1) is 12.1. The first-order valence-corrected chi connectivity index (χ1v) is 9.46. The lowest BCUT2D eigenvalue weighted by molar-refractivity contribution is 0.396. The molecule has 0 radical (unpaired) electrons. The highest BCUT2D eigenvalue weighted by Gasteiger charge is 2.09. The molecular formula is C19H28N4OS. The number of hydrogen-bond acceptors (Lipinski definition) is 4. The zero-order chi connectivity index (χ0) is 18.1. The number of hydrogen-bond donors (Lipinski definition) is 1. The molecule has 0 saturated carbocycles. The lowest BCUT2D eigenvalue weighted by Crippen LogP contribution is -2.38. The third kappa shape index (κ3) is 6.05. The zero-order valence-corrected chi connectivity index (χ0v) is 16.4. The Hall–Kier alpha value is -2.08. The molecule has 25 heavy (non-hydrogen) atoms. The van der Waals surface area contributed by atoms with Gasteiger partial charge >= 0.3 is 0 Å². The molecule has 0 unspecified atom stereocenters. The van der Waals surface area contributed by atoms with Crippen LogP contribution in [0.4, 0.5) is 0 Å². The number of benzene rings is 1. The van der Waals surface area contributed by atoms with Crippen molar-refractivity contribution in [3.8, 4) is 5.75 Å². The second-order valence-corrected chi connectivity index (χ2v) is 6.92. The quantitative estimate of drug-likeness (QED) is 0.445. The highest BCUT2D eigenvalue weighted by Crippen LogP contribution is 2.18. The Labute approximate surface area is 154 Å². The Morgan fingerprint density at radius 2 is 2.12 bits per heavy atom. The number of aryl methyl sites for hydroxylation is 2. The van der Waals surface area contributed by atoms with E-state index in [1.165, 1.54) is 5.01 Å². The van der Waals surface area contributed by atoms with Crippen LogP contribution in [-0.2, 0) is 13.0 Å². The van der Waals surface area contributed by atoms with Crippen molar-refractivity contribution in [1.82, 2.24) is 15.2 Å². The van der Waals surface area contributed by atoms with Crippen molar-refractivity contribution in [2.75, 3.05) is 27.7 Å². The minimum Gasteiger partial charge on any atom is -0.496 e. The molecule has 0 bridgehead atoms. The maximum atomic E-state index is 5.42. The highest BCUT2D eigenvalue weighted by atomic mass is 32.1. The molecule has 0 aliphatic rings. The molecule has 1 aromatic heterocycles. The highest BCUT2D eigenvalue weighted by molar-refractivity contribution is 7.09. The van der Waals surface area contributed by atoms with E-state index in [1.54, 1.807) is 18.4 Å². The summed E-state index contributed by atoms with van der Waals surface area (Å²) in [7, 11) is 5.56. The number of methoxy groups -OCH3 is 1. The molecule has 136 valence electrons. The molecular weight excluding hydrogens is 332 g/mol. The van der Waals surface area contributed by atoms with Crippen LogP contribution in [0.3, 0.4) is 0 Å². The van der Waals surface area contributed by atoms with Crippen molar-refractivity contribution in [3.63, 3.8) is 0 Å². The molecule has 0 aliphatic heterocycles. The van der Waals surface area contributed by atoms with Crippen LogP contribution >= 0.6 is 11.3 Å². The fraction of sp³-hybridized carbons (Fsp3) is 0.474. The van der Waals surface area contributed by atoms with Gasteiger partial charge in [-0.25, -0.2) is 4.98 Å². The van der Waals surface area contributed by atoms with Gasteiger partial charge in [0.25, 0.3) is 0 Å². The molecule has 0 amide bonds. The standard InChI is InChI=1S/C19H28N4OS/c1-15-14-25-18(22-15)11-7-8-12-21-19(20-2)23(3)13-16-9-5-6-10-17(16)24-4/h5-6,9-10,14H,7-8,11-13H2,1-4H3,(H,20,21). The minimum atomic E-state index is 0.752. The van der Waals surface area contributed by atoms with Crippen LogP contribution in [0.25, 0.3) is 0 Å². The van der Waals surface area contributed by atoms with Crippen LogP contribution in [-0.4, -0.2) is 43.6 Å². The molecule has 0 aliphatic carbocycles. The molecule has 5 nitrogen and oxygen atoms in total. The summed E-state index contributed by atoms with van der Waals surface area (Å²) in [6.07, 6.45) is 3.28. The second kappa shape index (κ2) is 10.0. The van der Waals surface area contributed by atoms with Gasteiger partial charge in [0.15, 0.2) is 5.96 Å². The molecule has 2 aromatic rings. The average molecular weight is 361 g/mol. The van der Waals surface area contributed by atoms with E-state index in [2.05, 4.69) is 31.6 Å². The van der Waals surface area contributed by atoms with Gasteiger partial charge in [0.05, 0.1) is 12.1 Å². The van der Waals surface area contributed by atoms with E-state index in [0.717, 1.165) is 55.3 Å². The number of ether oxygens (including phenoxy) is 1. The summed E-state index contributed by atoms with van der Waals surface area (Å²) in [6, 6.07) is 8.08. The molecule has 0 saturated heterocycles. The SMILES string of the molecule is CN=C(NCCCCc1nc(C)cs1)N(C)Cc1ccccc1OC. The number of aromatic nitrogens is 1. The minimum absolute atomic E-state index is 0.752. The normalized spacial score (nSPS) is 11.4. The smallest absolute Gasteiger partial charge is 0.193 e. The van der Waals surface area contributed by atoms with Crippen molar-refractivity contribution >= 4 is 17.3 Å². The summed E-state index contributed by atoms with van der Waals surface area (Å²) < 4.78 is 5.42. The van der Waals surface area contributed by atoms with Gasteiger partial charge in [-0.1, -0.05) is 18.2 Å². The van der Waals surface area contributed by atoms with Gasteiger partial charge in [0, 0.05) is 43.8 Å². The Morgan fingerprint density at radius 3 is 2.80 bits per heavy atom. The third-order valence-corrected chi connectivity index (χ3v) is 4.97. The van der Waals surface area contributed by atoms with Gasteiger partial charge in [-0.3, -0.25) is 4.99 Å². The van der Waals surface area contributed by atoms with E-state index >= 15 is 0 Å². The molecule has 0 fully saturated rings. The van der Waals surface area contributed by atoms with Crippen molar-refractivity contribution in [2.24, 2.45) is 4.99 Å². The summed E-state index contributed by atoms with van der Waals surface area (Å²) in [5.41, 5.74) is 2.27. The molecule has 1 N–H and O–H groups in total. The average Bonchev–Trinajstić information content (AvgIpc) is 3.03. The van der Waals surface area contributed by atoms with Crippen LogP contribution in [0.1, 0.15) is 29.1 Å². The van der Waals surface area contributed by atoms with Gasteiger partial charge < -0.3 is 15.0 Å². The zero-order valence-electron chi connectivity index (χ0n) is 15.6. The Balaban J connectivity index is 1.75. The van der Waals surface area contributed by atoms with Crippen LogP contribution in [0.5, 0.6) is 5.75 Å². The van der Waals surface area contributed by atoms with Gasteiger partial charge in [0.1, 0.15) is 5.75 Å². The number of thiazole rings is 1. The van der Waals surface area contributed by atoms with Crippen molar-refractivity contribution in [1.29, 1.82) is 0 Å². The number of para-hydroxylation sites is 1. The van der Waals surface area contributed by atoms with Crippen LogP contribution in [0, 0.1) is 6.92 Å². The van der Waals surface area contributed by atoms with Gasteiger partial charge in [-0.05, 0) is 32.3 Å². The van der Waals surface area contributed by atoms with Gasteiger partial charge in [0.2, 0.25) is 0 Å². The van der Waals surface area contributed by atoms with Gasteiger partial charge in [-0.15, -0.1) is 11.3 Å².